The Bertz CT molecular complexity index is 1370. The van der Waals surface area contributed by atoms with E-state index in [-0.39, 0.29) is 35.5 Å². The minimum Gasteiger partial charge on any atom is -0.496 e. The first kappa shape index (κ1) is 26.5. The molecule has 0 unspecified atom stereocenters. The Morgan fingerprint density at radius 3 is 2.62 bits per heavy atom. The predicted octanol–water partition coefficient (Wildman–Crippen LogP) is 2.65. The summed E-state index contributed by atoms with van der Waals surface area (Å²) in [5.41, 5.74) is 1.15. The first-order valence-corrected chi connectivity index (χ1v) is 14.4. The molecule has 3 N–H and O–H groups in total. The third-order valence-electron chi connectivity index (χ3n) is 9.20. The van der Waals surface area contributed by atoms with Crippen LogP contribution in [0.1, 0.15) is 74.7 Å². The highest BCUT2D eigenvalue weighted by atomic mass is 16.5. The van der Waals surface area contributed by atoms with Crippen molar-refractivity contribution in [1.29, 1.82) is 0 Å². The Hall–Kier alpha value is -3.69. The van der Waals surface area contributed by atoms with Gasteiger partial charge in [-0.05, 0) is 81.4 Å². The van der Waals surface area contributed by atoms with Gasteiger partial charge >= 0.3 is 0 Å². The van der Waals surface area contributed by atoms with Crippen molar-refractivity contribution in [2.24, 2.45) is 11.3 Å². The minimum atomic E-state index is -1.11. The van der Waals surface area contributed by atoms with Gasteiger partial charge < -0.3 is 25.3 Å². The number of hydrogen-bond acceptors (Lipinski definition) is 6. The topological polar surface area (TPSA) is 138 Å². The maximum atomic E-state index is 13.9. The Kier molecular flexibility index (Phi) is 6.88. The molecule has 212 valence electrons. The lowest BCUT2D eigenvalue weighted by Gasteiger charge is -2.39. The largest absolute Gasteiger partial charge is 0.496 e. The Balaban J connectivity index is 1.24. The van der Waals surface area contributed by atoms with Crippen LogP contribution in [0.25, 0.3) is 10.9 Å². The molecule has 1 aromatic heterocycles. The summed E-state index contributed by atoms with van der Waals surface area (Å²) in [6.45, 7) is 0.422. The highest BCUT2D eigenvalue weighted by Crippen LogP contribution is 2.55. The van der Waals surface area contributed by atoms with Crippen LogP contribution in [0.3, 0.4) is 0 Å². The number of rotatable bonds is 9. The second-order valence-electron chi connectivity index (χ2n) is 12.0. The smallest absolute Gasteiger partial charge is 0.289 e. The molecule has 1 saturated heterocycles. The number of piperidine rings is 1. The molecule has 0 radical (unpaired) electrons. The van der Waals surface area contributed by atoms with Gasteiger partial charge in [0.1, 0.15) is 23.3 Å². The Morgan fingerprint density at radius 2 is 1.95 bits per heavy atom. The zero-order chi connectivity index (χ0) is 28.0. The SMILES string of the molecule is COc1cccc2[nH]c(C(=O)N3CCC4(CC4)C[C@H]3C(=O)N[C@@H](C[C@@H]3CCCC3=O)C(=O)C(=O)NC3CC3)cc12. The summed E-state index contributed by atoms with van der Waals surface area (Å²) in [5.74, 6) is -1.84. The fourth-order valence-corrected chi connectivity index (χ4v) is 6.38. The van der Waals surface area contributed by atoms with Gasteiger partial charge in [-0.15, -0.1) is 0 Å². The maximum Gasteiger partial charge on any atom is 0.289 e. The number of aromatic nitrogens is 1. The number of Topliss-reactive ketones (excluding diaryl/α,β-unsaturated/α-hetero) is 2. The van der Waals surface area contributed by atoms with E-state index in [1.54, 1.807) is 18.1 Å². The van der Waals surface area contributed by atoms with Crippen molar-refractivity contribution in [3.63, 3.8) is 0 Å². The number of ether oxygens (including phenoxy) is 1. The number of methoxy groups -OCH3 is 1. The van der Waals surface area contributed by atoms with Gasteiger partial charge in [-0.1, -0.05) is 6.07 Å². The highest BCUT2D eigenvalue weighted by Gasteiger charge is 2.51. The van der Waals surface area contributed by atoms with E-state index in [2.05, 4.69) is 15.6 Å². The first-order chi connectivity index (χ1) is 19.3. The number of nitrogens with one attached hydrogen (secondary N) is 3. The van der Waals surface area contributed by atoms with Crippen LogP contribution in [0, 0.1) is 11.3 Å². The lowest BCUT2D eigenvalue weighted by molar-refractivity contribution is -0.141. The van der Waals surface area contributed by atoms with Gasteiger partial charge in [0.25, 0.3) is 11.8 Å². The standard InChI is InChI=1S/C30H36N4O6/c1-40-25-7-3-5-20-19(25)15-22(32-20)29(39)34-13-12-30(10-11-30)16-23(34)27(37)33-21(14-17-4-2-6-24(17)35)26(36)28(38)31-18-8-9-18/h3,5,7,15,17-18,21,23,32H,2,4,6,8-14,16H2,1H3,(H,31,38)(H,33,37)/t17-,21-,23-/m0/s1. The van der Waals surface area contributed by atoms with E-state index in [0.717, 1.165) is 49.4 Å². The molecule has 1 spiro atoms. The van der Waals surface area contributed by atoms with Gasteiger partial charge in [0, 0.05) is 35.8 Å². The molecule has 1 aromatic carbocycles. The van der Waals surface area contributed by atoms with Crippen LogP contribution in [0.5, 0.6) is 5.75 Å². The highest BCUT2D eigenvalue weighted by molar-refractivity contribution is 6.38. The average molecular weight is 549 g/mol. The zero-order valence-electron chi connectivity index (χ0n) is 22.8. The second-order valence-corrected chi connectivity index (χ2v) is 12.0. The molecule has 40 heavy (non-hydrogen) atoms. The Morgan fingerprint density at radius 1 is 1.15 bits per heavy atom. The van der Waals surface area contributed by atoms with Crippen molar-refractivity contribution < 1.29 is 28.7 Å². The van der Waals surface area contributed by atoms with Crippen molar-refractivity contribution in [2.75, 3.05) is 13.7 Å². The third-order valence-corrected chi connectivity index (χ3v) is 9.20. The van der Waals surface area contributed by atoms with Crippen LogP contribution < -0.4 is 15.4 Å². The normalized spacial score (nSPS) is 24.1. The molecule has 2 heterocycles. The van der Waals surface area contributed by atoms with Crippen LogP contribution in [-0.2, 0) is 19.2 Å². The molecule has 3 aliphatic carbocycles. The molecule has 1 aliphatic heterocycles. The van der Waals surface area contributed by atoms with Crippen molar-refractivity contribution >= 4 is 40.2 Å². The molecule has 4 aliphatic rings. The Labute approximate surface area is 232 Å². The molecule has 2 aromatic rings. The molecule has 6 rings (SSSR count). The van der Waals surface area contributed by atoms with Crippen LogP contribution in [0.15, 0.2) is 24.3 Å². The molecular weight excluding hydrogens is 512 g/mol. The monoisotopic (exact) mass is 548 g/mol. The number of benzene rings is 1. The molecule has 10 nitrogen and oxygen atoms in total. The van der Waals surface area contributed by atoms with Gasteiger partial charge in [-0.3, -0.25) is 24.0 Å². The molecule has 3 atom stereocenters. The summed E-state index contributed by atoms with van der Waals surface area (Å²) >= 11 is 0. The number of ketones is 2. The van der Waals surface area contributed by atoms with E-state index in [0.29, 0.717) is 37.3 Å². The molecule has 4 fully saturated rings. The lowest BCUT2D eigenvalue weighted by Crippen LogP contribution is -2.58. The maximum absolute atomic E-state index is 13.9. The van der Waals surface area contributed by atoms with E-state index < -0.39 is 29.7 Å². The fraction of sp³-hybridized carbons (Fsp3) is 0.567. The summed E-state index contributed by atoms with van der Waals surface area (Å²) in [4.78, 5) is 70.7. The van der Waals surface area contributed by atoms with Gasteiger partial charge in [0.2, 0.25) is 11.7 Å². The van der Waals surface area contributed by atoms with Crippen molar-refractivity contribution in [1.82, 2.24) is 20.5 Å². The third kappa shape index (κ3) is 5.23. The number of H-pyrrole nitrogens is 1. The predicted molar refractivity (Wildman–Crippen MR) is 146 cm³/mol. The van der Waals surface area contributed by atoms with Gasteiger partial charge in [0.05, 0.1) is 13.2 Å². The number of carbonyl (C=O) groups excluding carboxylic acids is 5. The number of amides is 3. The van der Waals surface area contributed by atoms with Crippen LogP contribution >= 0.6 is 0 Å². The van der Waals surface area contributed by atoms with E-state index >= 15 is 0 Å². The van der Waals surface area contributed by atoms with E-state index in [1.807, 2.05) is 18.2 Å². The summed E-state index contributed by atoms with van der Waals surface area (Å²) in [7, 11) is 1.57. The van der Waals surface area contributed by atoms with Crippen LogP contribution in [0.4, 0.5) is 0 Å². The van der Waals surface area contributed by atoms with Gasteiger partial charge in [0.15, 0.2) is 0 Å². The summed E-state index contributed by atoms with van der Waals surface area (Å²) in [6, 6.07) is 5.38. The van der Waals surface area contributed by atoms with Crippen molar-refractivity contribution in [2.45, 2.75) is 82.3 Å². The molecule has 0 bridgehead atoms. The molecular formula is C30H36N4O6. The number of likely N-dealkylation sites (tertiary alicyclic amines) is 1. The molecule has 3 amide bonds. The number of fused-ring (bicyclic) bond motifs is 1. The van der Waals surface area contributed by atoms with Crippen LogP contribution in [0.2, 0.25) is 0 Å². The van der Waals surface area contributed by atoms with Gasteiger partial charge in [-0.25, -0.2) is 0 Å². The van der Waals surface area contributed by atoms with Crippen LogP contribution in [-0.4, -0.2) is 71.0 Å². The number of nitrogens with zero attached hydrogens (tertiary/aromatic N) is 1. The fourth-order valence-electron chi connectivity index (χ4n) is 6.38. The number of carbonyl (C=O) groups is 5. The molecule has 3 saturated carbocycles. The van der Waals surface area contributed by atoms with Gasteiger partial charge in [-0.2, -0.15) is 0 Å². The number of aromatic amines is 1. The summed E-state index contributed by atoms with van der Waals surface area (Å²) in [6.07, 6.45) is 6.94. The van der Waals surface area contributed by atoms with E-state index in [4.69, 9.17) is 4.74 Å². The summed E-state index contributed by atoms with van der Waals surface area (Å²) < 4.78 is 5.44. The number of hydrogen-bond donors (Lipinski definition) is 3. The second kappa shape index (κ2) is 10.4. The lowest BCUT2D eigenvalue weighted by atomic mass is 9.86. The van der Waals surface area contributed by atoms with Crippen molar-refractivity contribution in [3.8, 4) is 5.75 Å². The zero-order valence-corrected chi connectivity index (χ0v) is 22.8. The van der Waals surface area contributed by atoms with Crippen molar-refractivity contribution in [3.05, 3.63) is 30.0 Å². The first-order valence-electron chi connectivity index (χ1n) is 14.4. The minimum absolute atomic E-state index is 0.00275. The quantitative estimate of drug-likeness (QED) is 0.412. The van der Waals surface area contributed by atoms with E-state index in [1.165, 1.54) is 0 Å². The average Bonchev–Trinajstić information content (AvgIpc) is 3.84. The van der Waals surface area contributed by atoms with E-state index in [9.17, 15) is 24.0 Å². The summed E-state index contributed by atoms with van der Waals surface area (Å²) in [5, 5.41) is 6.32. The molecule has 10 heteroatoms.